The zero-order chi connectivity index (χ0) is 14.9. The summed E-state index contributed by atoms with van der Waals surface area (Å²) in [7, 11) is -3.71. The van der Waals surface area contributed by atoms with Crippen molar-refractivity contribution in [3.8, 4) is 0 Å². The predicted molar refractivity (Wildman–Crippen MR) is 80.4 cm³/mol. The van der Waals surface area contributed by atoms with E-state index in [1.807, 2.05) is 0 Å². The van der Waals surface area contributed by atoms with Crippen LogP contribution in [0.2, 0.25) is 5.15 Å². The van der Waals surface area contributed by atoms with E-state index >= 15 is 0 Å². The van der Waals surface area contributed by atoms with Gasteiger partial charge in [-0.2, -0.15) is 0 Å². The second kappa shape index (κ2) is 6.19. The molecule has 1 aliphatic rings. The van der Waals surface area contributed by atoms with E-state index in [0.717, 1.165) is 13.1 Å². The van der Waals surface area contributed by atoms with Crippen molar-refractivity contribution in [2.45, 2.75) is 5.03 Å². The number of nitrogens with zero attached hydrogens (tertiary/aromatic N) is 2. The first-order chi connectivity index (χ1) is 10.1. The zero-order valence-corrected chi connectivity index (χ0v) is 13.5. The summed E-state index contributed by atoms with van der Waals surface area (Å²) in [4.78, 5) is 4.60. The fourth-order valence-corrected chi connectivity index (χ4v) is 4.73. The average molecular weight is 351 g/mol. The van der Waals surface area contributed by atoms with Gasteiger partial charge in [0, 0.05) is 37.1 Å². The Morgan fingerprint density at radius 3 is 3.33 bits per heavy atom. The van der Waals surface area contributed by atoms with Crippen LogP contribution in [0.1, 0.15) is 0 Å². The van der Waals surface area contributed by atoms with Crippen molar-refractivity contribution in [3.63, 3.8) is 0 Å². The molecule has 1 aliphatic heterocycles. The summed E-state index contributed by atoms with van der Waals surface area (Å²) >= 11 is 7.29. The quantitative estimate of drug-likeness (QED) is 0.841. The molecule has 0 amide bonds. The Morgan fingerprint density at radius 1 is 1.62 bits per heavy atom. The zero-order valence-electron chi connectivity index (χ0n) is 11.1. The van der Waals surface area contributed by atoms with Crippen molar-refractivity contribution in [3.05, 3.63) is 16.7 Å². The molecular formula is C11H15ClN4O3S2. The maximum Gasteiger partial charge on any atom is 0.259 e. The minimum absolute atomic E-state index is 0.00964. The van der Waals surface area contributed by atoms with E-state index in [4.69, 9.17) is 16.3 Å². The van der Waals surface area contributed by atoms with E-state index in [1.165, 1.54) is 15.7 Å². The molecule has 3 rings (SSSR count). The highest BCUT2D eigenvalue weighted by molar-refractivity contribution is 7.89. The van der Waals surface area contributed by atoms with E-state index in [-0.39, 0.29) is 16.1 Å². The van der Waals surface area contributed by atoms with Gasteiger partial charge in [-0.1, -0.05) is 11.6 Å². The van der Waals surface area contributed by atoms with Crippen LogP contribution >= 0.6 is 22.9 Å². The van der Waals surface area contributed by atoms with Crippen LogP contribution in [0, 0.1) is 5.92 Å². The maximum atomic E-state index is 12.4. The summed E-state index contributed by atoms with van der Waals surface area (Å²) in [5.74, 6) is 0.0898. The van der Waals surface area contributed by atoms with Crippen LogP contribution in [0.25, 0.3) is 4.96 Å². The standard InChI is InChI=1S/C11H15ClN4O3S2/c12-9-10(16-2-4-20-11(16)15-9)21(17,18)14-6-8-5-13-1-3-19-7-8/h2,4,8,13-14H,1,3,5-7H2/t8-/m1/s1. The Bertz CT molecular complexity index is 719. The van der Waals surface area contributed by atoms with E-state index in [9.17, 15) is 8.42 Å². The molecule has 0 aliphatic carbocycles. The molecule has 3 heterocycles. The minimum atomic E-state index is -3.71. The summed E-state index contributed by atoms with van der Waals surface area (Å²) in [5.41, 5.74) is 0. The Kier molecular flexibility index (Phi) is 4.48. The normalized spacial score (nSPS) is 20.7. The molecule has 0 radical (unpaired) electrons. The molecule has 10 heteroatoms. The molecule has 21 heavy (non-hydrogen) atoms. The number of ether oxygens (including phenoxy) is 1. The summed E-state index contributed by atoms with van der Waals surface area (Å²) in [6.45, 7) is 2.98. The number of thiazole rings is 1. The lowest BCUT2D eigenvalue weighted by molar-refractivity contribution is 0.124. The predicted octanol–water partition coefficient (Wildman–Crippen LogP) is 0.563. The molecule has 2 aromatic heterocycles. The molecule has 1 fully saturated rings. The van der Waals surface area contributed by atoms with E-state index in [0.29, 0.717) is 24.7 Å². The van der Waals surface area contributed by atoms with Crippen molar-refractivity contribution < 1.29 is 13.2 Å². The Labute approximate surface area is 131 Å². The number of nitrogens with one attached hydrogen (secondary N) is 2. The SMILES string of the molecule is O=S(=O)(NC[C@H]1CNCCOC1)c1c(Cl)nc2sccn12. The average Bonchev–Trinajstić information content (AvgIpc) is 2.87. The third kappa shape index (κ3) is 3.22. The monoisotopic (exact) mass is 350 g/mol. The topological polar surface area (TPSA) is 84.7 Å². The maximum absolute atomic E-state index is 12.4. The fourth-order valence-electron chi connectivity index (χ4n) is 2.17. The van der Waals surface area contributed by atoms with E-state index < -0.39 is 10.0 Å². The molecule has 0 unspecified atom stereocenters. The second-order valence-electron chi connectivity index (χ2n) is 4.76. The van der Waals surface area contributed by atoms with Crippen LogP contribution in [0.15, 0.2) is 16.6 Å². The smallest absolute Gasteiger partial charge is 0.259 e. The van der Waals surface area contributed by atoms with Gasteiger partial charge in [0.25, 0.3) is 10.0 Å². The second-order valence-corrected chi connectivity index (χ2v) is 7.67. The molecule has 0 spiro atoms. The highest BCUT2D eigenvalue weighted by atomic mass is 35.5. The highest BCUT2D eigenvalue weighted by Gasteiger charge is 2.26. The first kappa shape index (κ1) is 15.2. The van der Waals surface area contributed by atoms with Gasteiger partial charge in [-0.15, -0.1) is 11.3 Å². The summed E-state index contributed by atoms with van der Waals surface area (Å²) in [6, 6.07) is 0. The highest BCUT2D eigenvalue weighted by Crippen LogP contribution is 2.25. The molecule has 116 valence electrons. The number of imidazole rings is 1. The van der Waals surface area contributed by atoms with Gasteiger partial charge in [0.1, 0.15) is 0 Å². The summed E-state index contributed by atoms with van der Waals surface area (Å²) in [6.07, 6.45) is 1.64. The molecule has 2 aromatic rings. The fraction of sp³-hybridized carbons (Fsp3) is 0.545. The van der Waals surface area contributed by atoms with Gasteiger partial charge in [-0.25, -0.2) is 18.1 Å². The van der Waals surface area contributed by atoms with Crippen LogP contribution in [0.4, 0.5) is 0 Å². The molecule has 7 nitrogen and oxygen atoms in total. The summed E-state index contributed by atoms with van der Waals surface area (Å²) in [5, 5.41) is 4.95. The van der Waals surface area contributed by atoms with Gasteiger partial charge in [0.15, 0.2) is 15.1 Å². The van der Waals surface area contributed by atoms with Crippen molar-refractivity contribution in [1.29, 1.82) is 0 Å². The number of fused-ring (bicyclic) bond motifs is 1. The van der Waals surface area contributed by atoms with Gasteiger partial charge in [0.2, 0.25) is 0 Å². The first-order valence-electron chi connectivity index (χ1n) is 6.47. The number of rotatable bonds is 4. The molecule has 0 aromatic carbocycles. The van der Waals surface area contributed by atoms with Crippen LogP contribution in [0.3, 0.4) is 0 Å². The lowest BCUT2D eigenvalue weighted by Gasteiger charge is -2.14. The van der Waals surface area contributed by atoms with Crippen LogP contribution < -0.4 is 10.0 Å². The molecule has 1 atom stereocenters. The molecule has 0 bridgehead atoms. The largest absolute Gasteiger partial charge is 0.380 e. The molecule has 2 N–H and O–H groups in total. The Hall–Kier alpha value is -0.710. The van der Waals surface area contributed by atoms with Crippen molar-refractivity contribution >= 4 is 37.9 Å². The van der Waals surface area contributed by atoms with Gasteiger partial charge >= 0.3 is 0 Å². The number of hydrogen-bond donors (Lipinski definition) is 2. The van der Waals surface area contributed by atoms with Crippen molar-refractivity contribution in [1.82, 2.24) is 19.4 Å². The first-order valence-corrected chi connectivity index (χ1v) is 9.21. The number of sulfonamides is 1. The number of halogens is 1. The Balaban J connectivity index is 1.77. The number of aromatic nitrogens is 2. The van der Waals surface area contributed by atoms with Crippen LogP contribution in [-0.2, 0) is 14.8 Å². The minimum Gasteiger partial charge on any atom is -0.380 e. The van der Waals surface area contributed by atoms with Gasteiger partial charge < -0.3 is 10.1 Å². The van der Waals surface area contributed by atoms with Crippen molar-refractivity contribution in [2.75, 3.05) is 32.8 Å². The van der Waals surface area contributed by atoms with Crippen molar-refractivity contribution in [2.24, 2.45) is 5.92 Å². The number of hydrogen-bond acceptors (Lipinski definition) is 6. The van der Waals surface area contributed by atoms with Gasteiger partial charge in [0.05, 0.1) is 13.2 Å². The Morgan fingerprint density at radius 2 is 2.48 bits per heavy atom. The third-order valence-electron chi connectivity index (χ3n) is 3.20. The lowest BCUT2D eigenvalue weighted by atomic mass is 10.2. The summed E-state index contributed by atoms with van der Waals surface area (Å²) < 4.78 is 34.4. The molecule has 1 saturated heterocycles. The van der Waals surface area contributed by atoms with Gasteiger partial charge in [-0.05, 0) is 0 Å². The van der Waals surface area contributed by atoms with E-state index in [2.05, 4.69) is 15.0 Å². The van der Waals surface area contributed by atoms with E-state index in [1.54, 1.807) is 11.6 Å². The molecule has 0 saturated carbocycles. The van der Waals surface area contributed by atoms with Crippen LogP contribution in [0.5, 0.6) is 0 Å². The third-order valence-corrected chi connectivity index (χ3v) is 5.78. The lowest BCUT2D eigenvalue weighted by Crippen LogP contribution is -2.35. The molecular weight excluding hydrogens is 336 g/mol. The van der Waals surface area contributed by atoms with Crippen LogP contribution in [-0.4, -0.2) is 50.7 Å². The van der Waals surface area contributed by atoms with Gasteiger partial charge in [-0.3, -0.25) is 4.40 Å².